The van der Waals surface area contributed by atoms with Crippen molar-refractivity contribution < 1.29 is 14.3 Å². The quantitative estimate of drug-likeness (QED) is 0.379. The molecule has 0 saturated carbocycles. The molecule has 0 atom stereocenters. The Bertz CT molecular complexity index is 178. The molecule has 0 fully saturated rings. The summed E-state index contributed by atoms with van der Waals surface area (Å²) in [6, 6.07) is 0. The molecule has 0 spiro atoms. The summed E-state index contributed by atoms with van der Waals surface area (Å²) in [5.74, 6) is 0.648. The number of carbonyl (C=O) groups is 1. The highest BCUT2D eigenvalue weighted by atomic mass is 35.5. The van der Waals surface area contributed by atoms with Crippen molar-refractivity contribution in [1.82, 2.24) is 0 Å². The van der Waals surface area contributed by atoms with Gasteiger partial charge in [0, 0.05) is 0 Å². The van der Waals surface area contributed by atoms with Gasteiger partial charge in [0.15, 0.2) is 0 Å². The first-order valence-corrected chi connectivity index (χ1v) is 4.81. The summed E-state index contributed by atoms with van der Waals surface area (Å²) < 4.78 is 9.87. The average molecular weight is 207 g/mol. The van der Waals surface area contributed by atoms with Gasteiger partial charge in [0.2, 0.25) is 0 Å². The van der Waals surface area contributed by atoms with Gasteiger partial charge in [0.25, 0.3) is 0 Å². The highest BCUT2D eigenvalue weighted by molar-refractivity contribution is 6.19. The van der Waals surface area contributed by atoms with Gasteiger partial charge in [0.05, 0.1) is 25.5 Å². The fourth-order valence-corrected chi connectivity index (χ4v) is 0.941. The lowest BCUT2D eigenvalue weighted by atomic mass is 10.3. The van der Waals surface area contributed by atoms with Crippen LogP contribution in [0.1, 0.15) is 20.3 Å². The van der Waals surface area contributed by atoms with Gasteiger partial charge >= 0.3 is 5.97 Å². The topological polar surface area (TPSA) is 35.5 Å². The summed E-state index contributed by atoms with van der Waals surface area (Å²) in [4.78, 5) is 10.9. The number of carbonyl (C=O) groups excluding carboxylic acids is 1. The van der Waals surface area contributed by atoms with Crippen molar-refractivity contribution in [1.29, 1.82) is 0 Å². The number of hydrogen-bond donors (Lipinski definition) is 0. The first-order valence-electron chi connectivity index (χ1n) is 4.28. The Morgan fingerprint density at radius 3 is 2.38 bits per heavy atom. The Labute approximate surface area is 83.7 Å². The van der Waals surface area contributed by atoms with Gasteiger partial charge in [-0.2, -0.15) is 0 Å². The van der Waals surface area contributed by atoms with Crippen LogP contribution in [0.25, 0.3) is 0 Å². The summed E-state index contributed by atoms with van der Waals surface area (Å²) >= 11 is 5.56. The monoisotopic (exact) mass is 206 g/mol. The number of allylic oxidation sites excluding steroid dienone is 1. The van der Waals surface area contributed by atoms with Gasteiger partial charge < -0.3 is 9.47 Å². The van der Waals surface area contributed by atoms with Crippen LogP contribution in [0.2, 0.25) is 0 Å². The lowest BCUT2D eigenvalue weighted by molar-refractivity contribution is -0.142. The molecular weight excluding hydrogens is 192 g/mol. The highest BCUT2D eigenvalue weighted by Gasteiger charge is 2.00. The molecule has 0 bridgehead atoms. The molecule has 76 valence electrons. The van der Waals surface area contributed by atoms with Crippen LogP contribution < -0.4 is 0 Å². The van der Waals surface area contributed by atoms with Crippen LogP contribution in [-0.2, 0) is 14.3 Å². The molecule has 0 aromatic rings. The molecule has 0 N–H and O–H groups in total. The molecule has 3 nitrogen and oxygen atoms in total. The number of ether oxygens (including phenoxy) is 2. The molecule has 0 radical (unpaired) electrons. The minimum atomic E-state index is -0.259. The number of esters is 1. The molecule has 0 aliphatic rings. The van der Waals surface area contributed by atoms with E-state index in [0.717, 1.165) is 0 Å². The molecule has 0 heterocycles. The first kappa shape index (κ1) is 12.3. The summed E-state index contributed by atoms with van der Waals surface area (Å²) in [7, 11) is 0. The first-order chi connectivity index (χ1) is 6.24. The highest BCUT2D eigenvalue weighted by Crippen LogP contribution is 2.02. The normalized spacial score (nSPS) is 11.2. The SMILES string of the molecule is CCOC(=O)C/C=C(/CCl)OCC. The van der Waals surface area contributed by atoms with Crippen LogP contribution in [0.5, 0.6) is 0 Å². The zero-order chi connectivity index (χ0) is 10.1. The van der Waals surface area contributed by atoms with Gasteiger partial charge in [0.1, 0.15) is 5.76 Å². The molecule has 13 heavy (non-hydrogen) atoms. The van der Waals surface area contributed by atoms with Gasteiger partial charge in [-0.15, -0.1) is 11.6 Å². The molecular formula is C9H15ClO3. The van der Waals surface area contributed by atoms with Crippen LogP contribution in [0.4, 0.5) is 0 Å². The Kier molecular flexibility index (Phi) is 7.50. The van der Waals surface area contributed by atoms with Crippen molar-refractivity contribution in [2.45, 2.75) is 20.3 Å². The summed E-state index contributed by atoms with van der Waals surface area (Å²) in [5, 5.41) is 0. The second-order valence-corrected chi connectivity index (χ2v) is 2.51. The number of halogens is 1. The Morgan fingerprint density at radius 2 is 1.92 bits per heavy atom. The molecule has 0 saturated heterocycles. The second-order valence-electron chi connectivity index (χ2n) is 2.25. The maximum atomic E-state index is 10.9. The fourth-order valence-electron chi connectivity index (χ4n) is 0.755. The van der Waals surface area contributed by atoms with Crippen LogP contribution in [-0.4, -0.2) is 25.1 Å². The molecule has 0 aromatic carbocycles. The minimum absolute atomic E-state index is 0.218. The molecule has 4 heteroatoms. The number of rotatable bonds is 6. The van der Waals surface area contributed by atoms with Crippen molar-refractivity contribution in [3.63, 3.8) is 0 Å². The fraction of sp³-hybridized carbons (Fsp3) is 0.667. The summed E-state index contributed by atoms with van der Waals surface area (Å²) in [5.41, 5.74) is 0. The third-order valence-corrected chi connectivity index (χ3v) is 1.53. The lowest BCUT2D eigenvalue weighted by Gasteiger charge is -2.04. The van der Waals surface area contributed by atoms with E-state index in [1.165, 1.54) is 0 Å². The van der Waals surface area contributed by atoms with Crippen molar-refractivity contribution in [2.75, 3.05) is 19.1 Å². The molecule has 0 aromatic heterocycles. The molecule has 0 amide bonds. The zero-order valence-electron chi connectivity index (χ0n) is 8.01. The van der Waals surface area contributed by atoms with Gasteiger partial charge in [-0.25, -0.2) is 0 Å². The largest absolute Gasteiger partial charge is 0.497 e. The maximum absolute atomic E-state index is 10.9. The van der Waals surface area contributed by atoms with Crippen LogP contribution in [0, 0.1) is 0 Å². The number of alkyl halides is 1. The predicted molar refractivity (Wildman–Crippen MR) is 51.7 cm³/mol. The predicted octanol–water partition coefficient (Wildman–Crippen LogP) is 2.10. The van der Waals surface area contributed by atoms with E-state index in [0.29, 0.717) is 19.0 Å². The summed E-state index contributed by atoms with van der Waals surface area (Å²) in [6.45, 7) is 4.59. The Morgan fingerprint density at radius 1 is 1.31 bits per heavy atom. The van der Waals surface area contributed by atoms with Gasteiger partial charge in [-0.05, 0) is 19.9 Å². The average Bonchev–Trinajstić information content (AvgIpc) is 2.12. The third kappa shape index (κ3) is 6.46. The van der Waals surface area contributed by atoms with E-state index in [1.807, 2.05) is 6.92 Å². The van der Waals surface area contributed by atoms with Crippen molar-refractivity contribution in [3.8, 4) is 0 Å². The maximum Gasteiger partial charge on any atom is 0.309 e. The molecule has 0 aliphatic heterocycles. The smallest absolute Gasteiger partial charge is 0.309 e. The Hall–Kier alpha value is -0.700. The molecule has 0 aliphatic carbocycles. The lowest BCUT2D eigenvalue weighted by Crippen LogP contribution is -2.03. The van der Waals surface area contributed by atoms with E-state index >= 15 is 0 Å². The van der Waals surface area contributed by atoms with Crippen molar-refractivity contribution in [3.05, 3.63) is 11.8 Å². The Balaban J connectivity index is 3.83. The third-order valence-electron chi connectivity index (χ3n) is 1.26. The van der Waals surface area contributed by atoms with E-state index in [1.54, 1.807) is 13.0 Å². The standard InChI is InChI=1S/C9H15ClO3/c1-3-12-8(7-10)5-6-9(11)13-4-2/h5H,3-4,6-7H2,1-2H3/b8-5-. The molecule has 0 unspecified atom stereocenters. The van der Waals surface area contributed by atoms with Crippen LogP contribution >= 0.6 is 11.6 Å². The van der Waals surface area contributed by atoms with E-state index < -0.39 is 0 Å². The van der Waals surface area contributed by atoms with E-state index in [-0.39, 0.29) is 18.3 Å². The van der Waals surface area contributed by atoms with Gasteiger partial charge in [-0.1, -0.05) is 0 Å². The van der Waals surface area contributed by atoms with Crippen LogP contribution in [0.15, 0.2) is 11.8 Å². The number of hydrogen-bond acceptors (Lipinski definition) is 3. The zero-order valence-corrected chi connectivity index (χ0v) is 8.76. The summed E-state index contributed by atoms with van der Waals surface area (Å²) in [6.07, 6.45) is 1.87. The van der Waals surface area contributed by atoms with Crippen molar-refractivity contribution >= 4 is 17.6 Å². The van der Waals surface area contributed by atoms with Gasteiger partial charge in [-0.3, -0.25) is 4.79 Å². The second kappa shape index (κ2) is 7.92. The van der Waals surface area contributed by atoms with Crippen LogP contribution in [0.3, 0.4) is 0 Å². The van der Waals surface area contributed by atoms with E-state index in [2.05, 4.69) is 0 Å². The van der Waals surface area contributed by atoms with Crippen molar-refractivity contribution in [2.24, 2.45) is 0 Å². The minimum Gasteiger partial charge on any atom is -0.497 e. The van der Waals surface area contributed by atoms with E-state index in [4.69, 9.17) is 21.1 Å². The molecule has 0 rings (SSSR count). The van der Waals surface area contributed by atoms with E-state index in [9.17, 15) is 4.79 Å².